The van der Waals surface area contributed by atoms with E-state index < -0.39 is 12.0 Å². The summed E-state index contributed by atoms with van der Waals surface area (Å²) in [5, 5.41) is 12.1. The van der Waals surface area contributed by atoms with E-state index in [9.17, 15) is 4.79 Å². The molecule has 0 saturated heterocycles. The number of nitrogens with zero attached hydrogens (tertiary/aromatic N) is 2. The van der Waals surface area contributed by atoms with Crippen molar-refractivity contribution in [3.8, 4) is 6.01 Å². The van der Waals surface area contributed by atoms with E-state index >= 15 is 0 Å². The number of carbonyl (C=O) groups is 1. The number of nitrogens with one attached hydrogen (secondary N) is 1. The molecule has 1 atom stereocenters. The number of hydrogen-bond acceptors (Lipinski definition) is 6. The van der Waals surface area contributed by atoms with E-state index in [-0.39, 0.29) is 23.4 Å². The van der Waals surface area contributed by atoms with Crippen molar-refractivity contribution in [3.63, 3.8) is 0 Å². The fourth-order valence-corrected chi connectivity index (χ4v) is 1.03. The van der Waals surface area contributed by atoms with Gasteiger partial charge in [0.2, 0.25) is 5.91 Å². The highest BCUT2D eigenvalue weighted by Gasteiger charge is 2.12. The van der Waals surface area contributed by atoms with Crippen LogP contribution >= 0.6 is 11.6 Å². The first-order valence-corrected chi connectivity index (χ1v) is 4.70. The molecule has 16 heavy (non-hydrogen) atoms. The summed E-state index contributed by atoms with van der Waals surface area (Å²) >= 11 is 5.78. The largest absolute Gasteiger partial charge is 0.467 e. The number of rotatable bonds is 5. The molecule has 0 saturated carbocycles. The fraction of sp³-hybridized carbons (Fsp3) is 0.375. The Bertz CT molecular complexity index is 388. The van der Waals surface area contributed by atoms with E-state index in [1.54, 1.807) is 0 Å². The number of methoxy groups -OCH3 is 1. The number of carbonyl (C=O) groups excluding carboxylic acids is 1. The van der Waals surface area contributed by atoms with Crippen LogP contribution in [0.3, 0.4) is 0 Å². The van der Waals surface area contributed by atoms with Gasteiger partial charge < -0.3 is 20.9 Å². The van der Waals surface area contributed by atoms with Crippen LogP contribution < -0.4 is 15.8 Å². The third-order valence-corrected chi connectivity index (χ3v) is 1.97. The molecule has 0 bridgehead atoms. The first-order chi connectivity index (χ1) is 7.54. The summed E-state index contributed by atoms with van der Waals surface area (Å²) < 4.78 is 4.79. The van der Waals surface area contributed by atoms with Crippen LogP contribution in [-0.4, -0.2) is 40.7 Å². The van der Waals surface area contributed by atoms with Crippen molar-refractivity contribution in [2.75, 3.05) is 19.0 Å². The van der Waals surface area contributed by atoms with Crippen molar-refractivity contribution < 1.29 is 14.6 Å². The summed E-state index contributed by atoms with van der Waals surface area (Å²) in [6.07, 6.45) is 0.0313. The standard InChI is InChI=1S/C8H11ClN4O3/c1-16-8-12-2-4(9)7(13-8)11-3-5(14)6(10)15/h2,5,14H,3H2,1H3,(H2,10,15)(H,11,12,13). The molecule has 0 aliphatic rings. The zero-order valence-corrected chi connectivity index (χ0v) is 9.23. The Labute approximate surface area is 96.6 Å². The molecule has 0 spiro atoms. The van der Waals surface area contributed by atoms with Crippen LogP contribution in [0.1, 0.15) is 0 Å². The number of aromatic nitrogens is 2. The Morgan fingerprint density at radius 3 is 3.06 bits per heavy atom. The summed E-state index contributed by atoms with van der Waals surface area (Å²) in [4.78, 5) is 18.2. The van der Waals surface area contributed by atoms with Crippen LogP contribution in [0.5, 0.6) is 6.01 Å². The van der Waals surface area contributed by atoms with Gasteiger partial charge in [0, 0.05) is 0 Å². The van der Waals surface area contributed by atoms with Gasteiger partial charge in [0.05, 0.1) is 19.9 Å². The molecule has 1 aromatic heterocycles. The number of hydrogen-bond donors (Lipinski definition) is 3. The van der Waals surface area contributed by atoms with E-state index in [1.165, 1.54) is 13.3 Å². The van der Waals surface area contributed by atoms with E-state index in [0.717, 1.165) is 0 Å². The van der Waals surface area contributed by atoms with Gasteiger partial charge in [-0.15, -0.1) is 0 Å². The second-order valence-corrected chi connectivity index (χ2v) is 3.26. The lowest BCUT2D eigenvalue weighted by Gasteiger charge is -2.10. The van der Waals surface area contributed by atoms with Crippen molar-refractivity contribution in [1.29, 1.82) is 0 Å². The number of primary amides is 1. The molecule has 0 aliphatic carbocycles. The summed E-state index contributed by atoms with van der Waals surface area (Å²) in [6.45, 7) is -0.0881. The number of nitrogens with two attached hydrogens (primary N) is 1. The Balaban J connectivity index is 2.69. The number of aliphatic hydroxyl groups is 1. The minimum atomic E-state index is -1.31. The van der Waals surface area contributed by atoms with Gasteiger partial charge in [-0.05, 0) is 0 Å². The minimum absolute atomic E-state index is 0.0881. The number of halogens is 1. The molecule has 1 amide bonds. The summed E-state index contributed by atoms with van der Waals surface area (Å²) in [7, 11) is 1.41. The van der Waals surface area contributed by atoms with Crippen molar-refractivity contribution in [1.82, 2.24) is 9.97 Å². The maximum absolute atomic E-state index is 10.6. The molecular formula is C8H11ClN4O3. The van der Waals surface area contributed by atoms with Crippen LogP contribution in [0, 0.1) is 0 Å². The summed E-state index contributed by atoms with van der Waals surface area (Å²) in [6, 6.07) is 0.125. The Morgan fingerprint density at radius 2 is 2.50 bits per heavy atom. The van der Waals surface area contributed by atoms with E-state index in [0.29, 0.717) is 0 Å². The monoisotopic (exact) mass is 246 g/mol. The van der Waals surface area contributed by atoms with Gasteiger partial charge in [-0.2, -0.15) is 4.98 Å². The predicted molar refractivity (Wildman–Crippen MR) is 57.3 cm³/mol. The van der Waals surface area contributed by atoms with E-state index in [2.05, 4.69) is 15.3 Å². The van der Waals surface area contributed by atoms with Gasteiger partial charge in [0.15, 0.2) is 5.82 Å². The number of ether oxygens (including phenoxy) is 1. The topological polar surface area (TPSA) is 110 Å². The summed E-state index contributed by atoms with van der Waals surface area (Å²) in [5.41, 5.74) is 4.87. The van der Waals surface area contributed by atoms with Crippen LogP contribution in [0.25, 0.3) is 0 Å². The fourth-order valence-electron chi connectivity index (χ4n) is 0.867. The molecule has 88 valence electrons. The molecule has 8 heteroatoms. The SMILES string of the molecule is COc1ncc(Cl)c(NCC(O)C(N)=O)n1. The molecule has 1 unspecified atom stereocenters. The molecule has 0 fully saturated rings. The maximum Gasteiger partial charge on any atom is 0.318 e. The van der Waals surface area contributed by atoms with Gasteiger partial charge in [-0.3, -0.25) is 4.79 Å². The zero-order valence-electron chi connectivity index (χ0n) is 8.48. The van der Waals surface area contributed by atoms with Crippen molar-refractivity contribution >= 4 is 23.3 Å². The molecule has 7 nitrogen and oxygen atoms in total. The Morgan fingerprint density at radius 1 is 1.81 bits per heavy atom. The zero-order chi connectivity index (χ0) is 12.1. The molecule has 0 aromatic carbocycles. The highest BCUT2D eigenvalue weighted by molar-refractivity contribution is 6.32. The van der Waals surface area contributed by atoms with Crippen LogP contribution in [0.2, 0.25) is 5.02 Å². The lowest BCUT2D eigenvalue weighted by molar-refractivity contribution is -0.125. The van der Waals surface area contributed by atoms with Crippen LogP contribution in [0.4, 0.5) is 5.82 Å². The molecule has 4 N–H and O–H groups in total. The van der Waals surface area contributed by atoms with E-state index in [4.69, 9.17) is 27.2 Å². The average Bonchev–Trinajstić information content (AvgIpc) is 2.27. The third-order valence-electron chi connectivity index (χ3n) is 1.70. The second-order valence-electron chi connectivity index (χ2n) is 2.85. The second kappa shape index (κ2) is 5.47. The smallest absolute Gasteiger partial charge is 0.318 e. The normalized spacial score (nSPS) is 11.9. The first-order valence-electron chi connectivity index (χ1n) is 4.32. The van der Waals surface area contributed by atoms with Crippen LogP contribution in [-0.2, 0) is 4.79 Å². The van der Waals surface area contributed by atoms with Gasteiger partial charge >= 0.3 is 6.01 Å². The predicted octanol–water partition coefficient (Wildman–Crippen LogP) is -0.603. The lowest BCUT2D eigenvalue weighted by Crippen LogP contribution is -2.34. The van der Waals surface area contributed by atoms with Crippen molar-refractivity contribution in [2.24, 2.45) is 5.73 Å². The van der Waals surface area contributed by atoms with Crippen molar-refractivity contribution in [3.05, 3.63) is 11.2 Å². The Hall–Kier alpha value is -1.60. The molecule has 1 rings (SSSR count). The van der Waals surface area contributed by atoms with Crippen LogP contribution in [0.15, 0.2) is 6.20 Å². The number of aliphatic hydroxyl groups excluding tert-OH is 1. The Kier molecular flexibility index (Phi) is 4.27. The van der Waals surface area contributed by atoms with Gasteiger partial charge in [-0.1, -0.05) is 11.6 Å². The van der Waals surface area contributed by atoms with Crippen molar-refractivity contribution in [2.45, 2.75) is 6.10 Å². The third kappa shape index (κ3) is 3.21. The molecule has 1 heterocycles. The van der Waals surface area contributed by atoms with Gasteiger partial charge in [0.1, 0.15) is 11.1 Å². The lowest BCUT2D eigenvalue weighted by atomic mass is 10.3. The van der Waals surface area contributed by atoms with E-state index in [1.807, 2.05) is 0 Å². The first kappa shape index (κ1) is 12.5. The van der Waals surface area contributed by atoms with Gasteiger partial charge in [-0.25, -0.2) is 4.98 Å². The quantitative estimate of drug-likeness (QED) is 0.640. The summed E-state index contributed by atoms with van der Waals surface area (Å²) in [5.74, 6) is -0.571. The molecular weight excluding hydrogens is 236 g/mol. The number of amides is 1. The maximum atomic E-state index is 10.6. The molecule has 1 aromatic rings. The highest BCUT2D eigenvalue weighted by atomic mass is 35.5. The molecule has 0 radical (unpaired) electrons. The number of anilines is 1. The highest BCUT2D eigenvalue weighted by Crippen LogP contribution is 2.19. The molecule has 0 aliphatic heterocycles. The average molecular weight is 247 g/mol. The minimum Gasteiger partial charge on any atom is -0.467 e. The van der Waals surface area contributed by atoms with Gasteiger partial charge in [0.25, 0.3) is 0 Å².